The highest BCUT2D eigenvalue weighted by molar-refractivity contribution is 5.18. The normalized spacial score (nSPS) is 25.1. The van der Waals surface area contributed by atoms with Gasteiger partial charge in [-0.15, -0.1) is 0 Å². The van der Waals surface area contributed by atoms with Gasteiger partial charge in [-0.3, -0.25) is 0 Å². The molecule has 0 atom stereocenters. The SMILES string of the molecule is COC1(c2noc(C3(CN)CC3)n2)CCCC1. The smallest absolute Gasteiger partial charge is 0.234 e. The Kier molecular flexibility index (Phi) is 2.48. The Morgan fingerprint density at radius 2 is 2.00 bits per heavy atom. The Morgan fingerprint density at radius 3 is 2.53 bits per heavy atom. The monoisotopic (exact) mass is 237 g/mol. The van der Waals surface area contributed by atoms with Crippen molar-refractivity contribution >= 4 is 0 Å². The maximum absolute atomic E-state index is 5.77. The molecule has 2 aliphatic rings. The van der Waals surface area contributed by atoms with Gasteiger partial charge in [0.1, 0.15) is 5.60 Å². The second-order valence-electron chi connectivity index (χ2n) is 5.31. The molecule has 1 aromatic heterocycles. The zero-order valence-electron chi connectivity index (χ0n) is 10.2. The molecule has 5 heteroatoms. The summed E-state index contributed by atoms with van der Waals surface area (Å²) in [6.07, 6.45) is 6.42. The number of hydrogen-bond donors (Lipinski definition) is 1. The van der Waals surface area contributed by atoms with Crippen LogP contribution < -0.4 is 5.73 Å². The second kappa shape index (κ2) is 3.78. The summed E-state index contributed by atoms with van der Waals surface area (Å²) in [7, 11) is 1.73. The Balaban J connectivity index is 1.89. The third-order valence-electron chi connectivity index (χ3n) is 4.33. The van der Waals surface area contributed by atoms with Crippen LogP contribution in [-0.2, 0) is 15.8 Å². The van der Waals surface area contributed by atoms with E-state index in [-0.39, 0.29) is 11.0 Å². The van der Waals surface area contributed by atoms with Gasteiger partial charge in [0.15, 0.2) is 0 Å². The third kappa shape index (κ3) is 1.60. The Labute approximate surface area is 101 Å². The Bertz CT molecular complexity index is 406. The fourth-order valence-corrected chi connectivity index (χ4v) is 2.75. The topological polar surface area (TPSA) is 74.2 Å². The maximum atomic E-state index is 5.77. The molecule has 0 spiro atoms. The molecular weight excluding hydrogens is 218 g/mol. The number of hydrogen-bond acceptors (Lipinski definition) is 5. The summed E-state index contributed by atoms with van der Waals surface area (Å²) >= 11 is 0. The number of nitrogens with two attached hydrogens (primary N) is 1. The van der Waals surface area contributed by atoms with E-state index in [0.29, 0.717) is 18.3 Å². The van der Waals surface area contributed by atoms with Crippen LogP contribution in [0.5, 0.6) is 0 Å². The molecule has 94 valence electrons. The van der Waals surface area contributed by atoms with Crippen LogP contribution >= 0.6 is 0 Å². The van der Waals surface area contributed by atoms with Crippen LogP contribution in [0.2, 0.25) is 0 Å². The van der Waals surface area contributed by atoms with Gasteiger partial charge >= 0.3 is 0 Å². The maximum Gasteiger partial charge on any atom is 0.234 e. The van der Waals surface area contributed by atoms with E-state index >= 15 is 0 Å². The Hall–Kier alpha value is -0.940. The van der Waals surface area contributed by atoms with Gasteiger partial charge in [0.2, 0.25) is 11.7 Å². The van der Waals surface area contributed by atoms with Crippen LogP contribution in [0.3, 0.4) is 0 Å². The van der Waals surface area contributed by atoms with Gasteiger partial charge in [-0.2, -0.15) is 4.98 Å². The Morgan fingerprint density at radius 1 is 1.29 bits per heavy atom. The van der Waals surface area contributed by atoms with Crippen molar-refractivity contribution in [1.82, 2.24) is 10.1 Å². The van der Waals surface area contributed by atoms with Crippen LogP contribution in [-0.4, -0.2) is 23.8 Å². The molecule has 2 N–H and O–H groups in total. The summed E-state index contributed by atoms with van der Waals surface area (Å²) in [5, 5.41) is 4.13. The highest BCUT2D eigenvalue weighted by Gasteiger charge is 2.50. The van der Waals surface area contributed by atoms with Crippen molar-refractivity contribution in [2.24, 2.45) is 5.73 Å². The summed E-state index contributed by atoms with van der Waals surface area (Å²) < 4.78 is 11.0. The molecule has 0 bridgehead atoms. The molecular formula is C12H19N3O2. The zero-order valence-corrected chi connectivity index (χ0v) is 10.2. The van der Waals surface area contributed by atoms with Gasteiger partial charge in [-0.25, -0.2) is 0 Å². The summed E-state index contributed by atoms with van der Waals surface area (Å²) in [5.41, 5.74) is 5.43. The lowest BCUT2D eigenvalue weighted by Gasteiger charge is -2.22. The largest absolute Gasteiger partial charge is 0.370 e. The van der Waals surface area contributed by atoms with Gasteiger partial charge in [-0.05, 0) is 38.5 Å². The average Bonchev–Trinajstić information content (AvgIpc) is 2.83. The molecule has 1 aromatic rings. The van der Waals surface area contributed by atoms with Crippen molar-refractivity contribution in [2.75, 3.05) is 13.7 Å². The minimum absolute atomic E-state index is 0.0290. The standard InChI is InChI=1S/C12H19N3O2/c1-16-12(4-2-3-5-12)9-14-10(17-15-9)11(8-13)6-7-11/h2-8,13H2,1H3. The predicted molar refractivity (Wildman–Crippen MR) is 61.4 cm³/mol. The predicted octanol–water partition coefficient (Wildman–Crippen LogP) is 1.48. The van der Waals surface area contributed by atoms with Crippen LogP contribution in [0.1, 0.15) is 50.2 Å². The number of aromatic nitrogens is 2. The molecule has 0 aromatic carbocycles. The quantitative estimate of drug-likeness (QED) is 0.858. The van der Waals surface area contributed by atoms with Crippen molar-refractivity contribution in [2.45, 2.75) is 49.5 Å². The van der Waals surface area contributed by atoms with Crippen molar-refractivity contribution in [3.63, 3.8) is 0 Å². The van der Waals surface area contributed by atoms with Gasteiger partial charge in [-0.1, -0.05) is 5.16 Å². The highest BCUT2D eigenvalue weighted by Crippen LogP contribution is 2.47. The first-order valence-corrected chi connectivity index (χ1v) is 6.35. The summed E-state index contributed by atoms with van der Waals surface area (Å²) in [4.78, 5) is 4.56. The lowest BCUT2D eigenvalue weighted by Crippen LogP contribution is -2.26. The molecule has 0 unspecified atom stereocenters. The molecule has 0 amide bonds. The third-order valence-corrected chi connectivity index (χ3v) is 4.33. The number of rotatable bonds is 4. The zero-order chi connectivity index (χ0) is 11.9. The van der Waals surface area contributed by atoms with E-state index in [1.165, 1.54) is 12.8 Å². The van der Waals surface area contributed by atoms with Gasteiger partial charge in [0.25, 0.3) is 0 Å². The highest BCUT2D eigenvalue weighted by atomic mass is 16.5. The lowest BCUT2D eigenvalue weighted by molar-refractivity contribution is -0.0178. The minimum Gasteiger partial charge on any atom is -0.370 e. The first-order valence-electron chi connectivity index (χ1n) is 6.35. The fraction of sp³-hybridized carbons (Fsp3) is 0.833. The number of ether oxygens (including phenoxy) is 1. The van der Waals surface area contributed by atoms with Gasteiger partial charge < -0.3 is 15.0 Å². The molecule has 3 rings (SSSR count). The van der Waals surface area contributed by atoms with E-state index in [0.717, 1.165) is 25.7 Å². The van der Waals surface area contributed by atoms with E-state index in [1.54, 1.807) is 7.11 Å². The van der Waals surface area contributed by atoms with E-state index in [9.17, 15) is 0 Å². The summed E-state index contributed by atoms with van der Waals surface area (Å²) in [5.74, 6) is 1.42. The van der Waals surface area contributed by atoms with Crippen molar-refractivity contribution in [3.8, 4) is 0 Å². The van der Waals surface area contributed by atoms with Crippen LogP contribution in [0, 0.1) is 0 Å². The average molecular weight is 237 g/mol. The molecule has 5 nitrogen and oxygen atoms in total. The van der Waals surface area contributed by atoms with Gasteiger partial charge in [0.05, 0.1) is 5.41 Å². The molecule has 1 heterocycles. The van der Waals surface area contributed by atoms with Gasteiger partial charge in [0, 0.05) is 13.7 Å². The van der Waals surface area contributed by atoms with E-state index < -0.39 is 0 Å². The summed E-state index contributed by atoms with van der Waals surface area (Å²) in [6.45, 7) is 0.592. The van der Waals surface area contributed by atoms with E-state index in [2.05, 4.69) is 10.1 Å². The van der Waals surface area contributed by atoms with E-state index in [4.69, 9.17) is 15.0 Å². The number of methoxy groups -OCH3 is 1. The molecule has 2 fully saturated rings. The molecule has 17 heavy (non-hydrogen) atoms. The van der Waals surface area contributed by atoms with Crippen LogP contribution in [0.25, 0.3) is 0 Å². The molecule has 0 aliphatic heterocycles. The minimum atomic E-state index is -0.313. The molecule has 0 saturated heterocycles. The molecule has 2 aliphatic carbocycles. The van der Waals surface area contributed by atoms with Crippen LogP contribution in [0.15, 0.2) is 4.52 Å². The number of nitrogens with zero attached hydrogens (tertiary/aromatic N) is 2. The van der Waals surface area contributed by atoms with Crippen LogP contribution in [0.4, 0.5) is 0 Å². The second-order valence-corrected chi connectivity index (χ2v) is 5.31. The molecule has 2 saturated carbocycles. The molecule has 0 radical (unpaired) electrons. The summed E-state index contributed by atoms with van der Waals surface area (Å²) in [6, 6.07) is 0. The lowest BCUT2D eigenvalue weighted by atomic mass is 10.0. The fourth-order valence-electron chi connectivity index (χ4n) is 2.75. The van der Waals surface area contributed by atoms with Crippen molar-refractivity contribution in [3.05, 3.63) is 11.7 Å². The first-order chi connectivity index (χ1) is 8.25. The van der Waals surface area contributed by atoms with Crippen molar-refractivity contribution in [1.29, 1.82) is 0 Å². The first kappa shape index (κ1) is 11.2. The van der Waals surface area contributed by atoms with E-state index in [1.807, 2.05) is 0 Å². The van der Waals surface area contributed by atoms with Crippen molar-refractivity contribution < 1.29 is 9.26 Å².